The number of benzene rings is 1. The maximum Gasteiger partial charge on any atom is 0.191 e. The highest BCUT2D eigenvalue weighted by Crippen LogP contribution is 2.29. The molecule has 0 amide bonds. The molecule has 138 valence electrons. The third-order valence-corrected chi connectivity index (χ3v) is 6.23. The number of nitrogens with one attached hydrogen (secondary N) is 2. The maximum absolute atomic E-state index is 10.4. The molecular formula is C19H24N4OS2. The van der Waals surface area contributed by atoms with Crippen LogP contribution in [0.3, 0.4) is 0 Å². The van der Waals surface area contributed by atoms with E-state index in [0.29, 0.717) is 12.5 Å². The molecule has 3 aromatic rings. The molecule has 1 unspecified atom stereocenters. The lowest BCUT2D eigenvalue weighted by molar-refractivity contribution is 0.184. The average Bonchev–Trinajstić information content (AvgIpc) is 3.26. The van der Waals surface area contributed by atoms with E-state index < -0.39 is 6.10 Å². The molecule has 3 rings (SSSR count). The quantitative estimate of drug-likeness (QED) is 0.329. The van der Waals surface area contributed by atoms with Crippen molar-refractivity contribution in [2.24, 2.45) is 4.99 Å². The lowest BCUT2D eigenvalue weighted by atomic mass is 10.2. The van der Waals surface area contributed by atoms with Crippen molar-refractivity contribution in [2.75, 3.05) is 20.1 Å². The molecule has 0 fully saturated rings. The highest BCUT2D eigenvalue weighted by Gasteiger charge is 2.12. The maximum atomic E-state index is 10.4. The van der Waals surface area contributed by atoms with Crippen molar-refractivity contribution in [2.45, 2.75) is 25.9 Å². The summed E-state index contributed by atoms with van der Waals surface area (Å²) in [5, 5.41) is 21.4. The van der Waals surface area contributed by atoms with Gasteiger partial charge < -0.3 is 15.7 Å². The number of aliphatic imine (C=N–C) groups is 1. The Morgan fingerprint density at radius 1 is 1.31 bits per heavy atom. The van der Waals surface area contributed by atoms with Crippen LogP contribution in [0.5, 0.6) is 0 Å². The summed E-state index contributed by atoms with van der Waals surface area (Å²) in [6, 6.07) is 10.2. The largest absolute Gasteiger partial charge is 0.386 e. The highest BCUT2D eigenvalue weighted by atomic mass is 32.1. The summed E-state index contributed by atoms with van der Waals surface area (Å²) in [5.74, 6) is 0.709. The fourth-order valence-electron chi connectivity index (χ4n) is 2.65. The Balaban J connectivity index is 1.43. The molecule has 5 nitrogen and oxygen atoms in total. The number of aromatic nitrogens is 1. The van der Waals surface area contributed by atoms with E-state index in [1.54, 1.807) is 29.7 Å². The van der Waals surface area contributed by atoms with Gasteiger partial charge >= 0.3 is 0 Å². The molecule has 26 heavy (non-hydrogen) atoms. The van der Waals surface area contributed by atoms with Crippen LogP contribution in [0, 0.1) is 6.92 Å². The molecule has 0 aliphatic rings. The first-order chi connectivity index (χ1) is 12.7. The third kappa shape index (κ3) is 5.03. The number of nitrogens with zero attached hydrogens (tertiary/aromatic N) is 2. The van der Waals surface area contributed by atoms with Gasteiger partial charge in [0.1, 0.15) is 6.10 Å². The van der Waals surface area contributed by atoms with Crippen molar-refractivity contribution < 1.29 is 5.11 Å². The Kier molecular flexibility index (Phi) is 6.60. The van der Waals surface area contributed by atoms with Gasteiger partial charge in [-0.15, -0.1) is 22.7 Å². The number of thiophene rings is 1. The molecule has 1 aromatic carbocycles. The Hall–Kier alpha value is -1.96. The monoisotopic (exact) mass is 388 g/mol. The number of aliphatic hydroxyl groups excluding tert-OH is 1. The van der Waals surface area contributed by atoms with Gasteiger partial charge in [0.15, 0.2) is 5.96 Å². The SMILES string of the molecule is CN=C(NCCCc1nc(C)cs1)NCC(O)c1cc2ccccc2s1. The van der Waals surface area contributed by atoms with Crippen molar-refractivity contribution in [3.8, 4) is 0 Å². The molecule has 0 aliphatic carbocycles. The second-order valence-electron chi connectivity index (χ2n) is 6.07. The minimum absolute atomic E-state index is 0.429. The van der Waals surface area contributed by atoms with Gasteiger partial charge in [-0.2, -0.15) is 0 Å². The number of fused-ring (bicyclic) bond motifs is 1. The second-order valence-corrected chi connectivity index (χ2v) is 8.13. The molecule has 0 bridgehead atoms. The number of hydrogen-bond acceptors (Lipinski definition) is 5. The van der Waals surface area contributed by atoms with E-state index in [-0.39, 0.29) is 0 Å². The standard InChI is InChI=1S/C19H24N4OS2/c1-13-12-25-18(23-13)8-5-9-21-19(20-2)22-11-15(24)17-10-14-6-3-4-7-16(14)26-17/h3-4,6-7,10,12,15,24H,5,8-9,11H2,1-2H3,(H2,20,21,22). The highest BCUT2D eigenvalue weighted by molar-refractivity contribution is 7.19. The first-order valence-electron chi connectivity index (χ1n) is 8.68. The van der Waals surface area contributed by atoms with Crippen LogP contribution >= 0.6 is 22.7 Å². The van der Waals surface area contributed by atoms with Crippen LogP contribution in [0.4, 0.5) is 0 Å². The number of rotatable bonds is 7. The summed E-state index contributed by atoms with van der Waals surface area (Å²) < 4.78 is 1.20. The van der Waals surface area contributed by atoms with Crippen molar-refractivity contribution in [1.82, 2.24) is 15.6 Å². The van der Waals surface area contributed by atoms with Crippen LogP contribution in [0.25, 0.3) is 10.1 Å². The van der Waals surface area contributed by atoms with Gasteiger partial charge in [0.2, 0.25) is 0 Å². The molecule has 0 saturated carbocycles. The normalized spacial score (nSPS) is 13.1. The summed E-state index contributed by atoms with van der Waals surface area (Å²) in [6.45, 7) is 3.27. The van der Waals surface area contributed by atoms with E-state index >= 15 is 0 Å². The van der Waals surface area contributed by atoms with E-state index in [9.17, 15) is 5.11 Å². The predicted molar refractivity (Wildman–Crippen MR) is 111 cm³/mol. The lowest BCUT2D eigenvalue weighted by Gasteiger charge is -2.14. The molecule has 0 spiro atoms. The van der Waals surface area contributed by atoms with Gasteiger partial charge in [0.25, 0.3) is 0 Å². The molecular weight excluding hydrogens is 364 g/mol. The first-order valence-corrected chi connectivity index (χ1v) is 10.4. The van der Waals surface area contributed by atoms with E-state index in [1.807, 2.05) is 19.1 Å². The predicted octanol–water partition coefficient (Wildman–Crippen LogP) is 3.50. The van der Waals surface area contributed by atoms with E-state index in [4.69, 9.17) is 0 Å². The van der Waals surface area contributed by atoms with Gasteiger partial charge in [-0.1, -0.05) is 18.2 Å². The molecule has 2 heterocycles. The summed E-state index contributed by atoms with van der Waals surface area (Å²) in [4.78, 5) is 9.66. The topological polar surface area (TPSA) is 69.5 Å². The van der Waals surface area contributed by atoms with E-state index in [0.717, 1.165) is 30.0 Å². The number of hydrogen-bond donors (Lipinski definition) is 3. The molecule has 7 heteroatoms. The summed E-state index contributed by atoms with van der Waals surface area (Å²) in [7, 11) is 1.74. The van der Waals surface area contributed by atoms with E-state index in [2.05, 4.69) is 44.2 Å². The summed E-state index contributed by atoms with van der Waals surface area (Å²) in [6.07, 6.45) is 1.41. The van der Waals surface area contributed by atoms with Gasteiger partial charge in [-0.25, -0.2) is 4.98 Å². The zero-order valence-corrected chi connectivity index (χ0v) is 16.7. The molecule has 0 radical (unpaired) electrons. The van der Waals surface area contributed by atoms with Gasteiger partial charge in [-0.3, -0.25) is 4.99 Å². The minimum atomic E-state index is -0.552. The zero-order chi connectivity index (χ0) is 18.4. The zero-order valence-electron chi connectivity index (χ0n) is 15.0. The van der Waals surface area contributed by atoms with Crippen molar-refractivity contribution in [1.29, 1.82) is 0 Å². The summed E-state index contributed by atoms with van der Waals surface area (Å²) in [5.41, 5.74) is 1.09. The van der Waals surface area contributed by atoms with Crippen LogP contribution in [0.15, 0.2) is 40.7 Å². The van der Waals surface area contributed by atoms with Crippen LogP contribution in [0.2, 0.25) is 0 Å². The Morgan fingerprint density at radius 3 is 2.88 bits per heavy atom. The Labute approximate surface area is 161 Å². The first kappa shape index (κ1) is 18.8. The van der Waals surface area contributed by atoms with Crippen molar-refractivity contribution in [3.05, 3.63) is 51.3 Å². The average molecular weight is 389 g/mol. The van der Waals surface area contributed by atoms with Crippen LogP contribution < -0.4 is 10.6 Å². The van der Waals surface area contributed by atoms with Crippen LogP contribution in [-0.4, -0.2) is 36.2 Å². The van der Waals surface area contributed by atoms with Crippen LogP contribution in [0.1, 0.15) is 28.1 Å². The number of aryl methyl sites for hydroxylation is 2. The molecule has 2 aromatic heterocycles. The third-order valence-electron chi connectivity index (χ3n) is 3.99. The Morgan fingerprint density at radius 2 is 2.15 bits per heavy atom. The molecule has 0 saturated heterocycles. The Bertz CT molecular complexity index is 838. The van der Waals surface area contributed by atoms with E-state index in [1.165, 1.54) is 15.1 Å². The van der Waals surface area contributed by atoms with Crippen molar-refractivity contribution in [3.63, 3.8) is 0 Å². The summed E-state index contributed by atoms with van der Waals surface area (Å²) >= 11 is 3.34. The van der Waals surface area contributed by atoms with Gasteiger partial charge in [0, 0.05) is 47.2 Å². The number of guanidine groups is 1. The molecule has 3 N–H and O–H groups in total. The lowest BCUT2D eigenvalue weighted by Crippen LogP contribution is -2.39. The fraction of sp³-hybridized carbons (Fsp3) is 0.368. The smallest absolute Gasteiger partial charge is 0.191 e. The van der Waals surface area contributed by atoms with Gasteiger partial charge in [0.05, 0.1) is 5.01 Å². The van der Waals surface area contributed by atoms with Crippen LogP contribution in [-0.2, 0) is 6.42 Å². The second kappa shape index (κ2) is 9.12. The van der Waals surface area contributed by atoms with Crippen molar-refractivity contribution >= 4 is 38.7 Å². The molecule has 0 aliphatic heterocycles. The van der Waals surface area contributed by atoms with Gasteiger partial charge in [-0.05, 0) is 30.9 Å². The minimum Gasteiger partial charge on any atom is -0.386 e. The molecule has 1 atom stereocenters. The number of aliphatic hydroxyl groups is 1. The number of thiazole rings is 1. The fourth-order valence-corrected chi connectivity index (χ4v) is 4.51.